The summed E-state index contributed by atoms with van der Waals surface area (Å²) in [6.07, 6.45) is 0. The van der Waals surface area contributed by atoms with E-state index in [1.165, 1.54) is 12.1 Å². The molecule has 0 saturated carbocycles. The number of anilines is 1. The monoisotopic (exact) mass is 471 g/mol. The van der Waals surface area contributed by atoms with Crippen LogP contribution in [0, 0.1) is 0 Å². The number of para-hydroxylation sites is 1. The number of benzene rings is 2. The Bertz CT molecular complexity index is 758. The number of hydrogen-bond acceptors (Lipinski definition) is 2. The second-order valence-electron chi connectivity index (χ2n) is 4.09. The Labute approximate surface area is 150 Å². The van der Waals surface area contributed by atoms with Crippen LogP contribution in [0.15, 0.2) is 45.8 Å². The normalized spacial score (nSPS) is 11.4. The van der Waals surface area contributed by atoms with Crippen molar-refractivity contribution in [1.82, 2.24) is 0 Å². The molecule has 0 atom stereocenters. The smallest absolute Gasteiger partial charge is 0.264 e. The molecule has 0 aliphatic carbocycles. The van der Waals surface area contributed by atoms with Crippen molar-refractivity contribution >= 4 is 70.8 Å². The lowest BCUT2D eigenvalue weighted by Crippen LogP contribution is -2.15. The third kappa shape index (κ3) is 3.93. The second-order valence-corrected chi connectivity index (χ2v) is 8.00. The molecule has 0 spiro atoms. The van der Waals surface area contributed by atoms with E-state index in [2.05, 4.69) is 36.6 Å². The molecule has 0 radical (unpaired) electrons. The predicted octanol–water partition coefficient (Wildman–Crippen LogP) is 5.45. The van der Waals surface area contributed by atoms with Crippen LogP contribution in [0.4, 0.5) is 5.69 Å². The maximum Gasteiger partial charge on any atom is 0.264 e. The predicted molar refractivity (Wildman–Crippen MR) is 94.0 cm³/mol. The van der Waals surface area contributed by atoms with Gasteiger partial charge in [0.15, 0.2) is 0 Å². The van der Waals surface area contributed by atoms with E-state index < -0.39 is 10.0 Å². The summed E-state index contributed by atoms with van der Waals surface area (Å²) in [5.41, 5.74) is 1.29. The van der Waals surface area contributed by atoms with Gasteiger partial charge in [-0.3, -0.25) is 4.72 Å². The van der Waals surface area contributed by atoms with Crippen LogP contribution in [0.5, 0.6) is 0 Å². The van der Waals surface area contributed by atoms with E-state index in [-0.39, 0.29) is 14.9 Å². The maximum absolute atomic E-state index is 12.5. The van der Waals surface area contributed by atoms with Crippen molar-refractivity contribution in [3.8, 4) is 0 Å². The summed E-state index contributed by atoms with van der Waals surface area (Å²) in [6.45, 7) is 0. The van der Waals surface area contributed by atoms with Gasteiger partial charge in [0.25, 0.3) is 10.0 Å². The zero-order valence-electron chi connectivity index (χ0n) is 10.4. The molecule has 0 heterocycles. The van der Waals surface area contributed by atoms with Gasteiger partial charge >= 0.3 is 0 Å². The topological polar surface area (TPSA) is 46.2 Å². The second kappa shape index (κ2) is 6.87. The molecule has 0 bridgehead atoms. The Hall–Kier alpha value is -0.270. The van der Waals surface area contributed by atoms with E-state index in [4.69, 9.17) is 23.2 Å². The van der Waals surface area contributed by atoms with E-state index in [1.807, 2.05) is 12.1 Å². The lowest BCUT2D eigenvalue weighted by molar-refractivity contribution is 0.601. The highest BCUT2D eigenvalue weighted by Gasteiger charge is 2.23. The summed E-state index contributed by atoms with van der Waals surface area (Å²) in [5, 5.41) is 0.629. The average Bonchev–Trinajstić information content (AvgIpc) is 2.37. The molecule has 8 heteroatoms. The first-order chi connectivity index (χ1) is 9.85. The number of sulfonamides is 1. The third-order valence-corrected chi connectivity index (χ3v) is 5.99. The van der Waals surface area contributed by atoms with Crippen LogP contribution in [0.3, 0.4) is 0 Å². The molecule has 2 rings (SSSR count). The van der Waals surface area contributed by atoms with Gasteiger partial charge in [0.2, 0.25) is 0 Å². The van der Waals surface area contributed by atoms with Gasteiger partial charge in [0.1, 0.15) is 4.90 Å². The van der Waals surface area contributed by atoms with Gasteiger partial charge in [-0.15, -0.1) is 0 Å². The number of rotatable bonds is 4. The van der Waals surface area contributed by atoms with Crippen LogP contribution in [0.2, 0.25) is 10.0 Å². The quantitative estimate of drug-likeness (QED) is 0.600. The molecular formula is C13H9Br2Cl2NO2S. The Morgan fingerprint density at radius 3 is 2.24 bits per heavy atom. The molecule has 112 valence electrons. The highest BCUT2D eigenvalue weighted by molar-refractivity contribution is 9.10. The Balaban J connectivity index is 2.49. The number of hydrogen-bond donors (Lipinski definition) is 1. The van der Waals surface area contributed by atoms with Crippen molar-refractivity contribution in [1.29, 1.82) is 0 Å². The molecule has 1 N–H and O–H groups in total. The van der Waals surface area contributed by atoms with E-state index in [0.717, 1.165) is 5.56 Å². The molecule has 3 nitrogen and oxygen atoms in total. The Kier molecular flexibility index (Phi) is 5.59. The van der Waals surface area contributed by atoms with Gasteiger partial charge in [0.05, 0.1) is 15.7 Å². The first-order valence-electron chi connectivity index (χ1n) is 5.66. The molecule has 0 saturated heterocycles. The summed E-state index contributed by atoms with van der Waals surface area (Å²) in [5.74, 6) is 0. The first kappa shape index (κ1) is 17.1. The van der Waals surface area contributed by atoms with E-state index in [0.29, 0.717) is 15.5 Å². The highest BCUT2D eigenvalue weighted by Crippen LogP contribution is 2.34. The number of halogens is 4. The fourth-order valence-electron chi connectivity index (χ4n) is 1.72. The molecule has 0 amide bonds. The van der Waals surface area contributed by atoms with Gasteiger partial charge in [-0.2, -0.15) is 0 Å². The van der Waals surface area contributed by atoms with E-state index >= 15 is 0 Å². The van der Waals surface area contributed by atoms with Crippen molar-refractivity contribution in [3.63, 3.8) is 0 Å². The maximum atomic E-state index is 12.5. The highest BCUT2D eigenvalue weighted by atomic mass is 79.9. The zero-order chi connectivity index (χ0) is 15.6. The third-order valence-electron chi connectivity index (χ3n) is 2.64. The number of alkyl halides is 1. The molecule has 0 aliphatic heterocycles. The minimum absolute atomic E-state index is 0.0539. The minimum Gasteiger partial charge on any atom is -0.279 e. The fraction of sp³-hybridized carbons (Fsp3) is 0.0769. The molecule has 0 fully saturated rings. The zero-order valence-corrected chi connectivity index (χ0v) is 15.9. The molecule has 2 aromatic rings. The van der Waals surface area contributed by atoms with Crippen molar-refractivity contribution in [2.75, 3.05) is 4.72 Å². The minimum atomic E-state index is -3.88. The molecule has 0 aliphatic rings. The Morgan fingerprint density at radius 2 is 1.67 bits per heavy atom. The molecule has 2 aromatic carbocycles. The molecule has 0 aromatic heterocycles. The van der Waals surface area contributed by atoms with E-state index in [1.54, 1.807) is 12.1 Å². The Morgan fingerprint density at radius 1 is 1.10 bits per heavy atom. The lowest BCUT2D eigenvalue weighted by atomic mass is 10.2. The molecule has 0 unspecified atom stereocenters. The fourth-order valence-corrected chi connectivity index (χ4v) is 5.25. The van der Waals surface area contributed by atoms with Crippen LogP contribution in [0.1, 0.15) is 5.56 Å². The standard InChI is InChI=1S/C13H9Br2Cl2NO2S/c14-7-8-3-1-2-4-12(8)18-21(19,20)13-10(16)5-9(15)6-11(13)17/h1-6,18H,7H2. The van der Waals surface area contributed by atoms with Crippen molar-refractivity contribution in [2.45, 2.75) is 10.2 Å². The van der Waals surface area contributed by atoms with Gasteiger partial charge in [-0.1, -0.05) is 73.3 Å². The van der Waals surface area contributed by atoms with E-state index in [9.17, 15) is 8.42 Å². The summed E-state index contributed by atoms with van der Waals surface area (Å²) in [4.78, 5) is -0.140. The van der Waals surface area contributed by atoms with Gasteiger partial charge in [-0.05, 0) is 23.8 Å². The van der Waals surface area contributed by atoms with Crippen LogP contribution < -0.4 is 4.72 Å². The van der Waals surface area contributed by atoms with Crippen LogP contribution in [-0.2, 0) is 15.4 Å². The summed E-state index contributed by atoms with van der Waals surface area (Å²) in [6, 6.07) is 10.0. The first-order valence-corrected chi connectivity index (χ1v) is 9.81. The largest absolute Gasteiger partial charge is 0.279 e. The number of nitrogens with one attached hydrogen (secondary N) is 1. The van der Waals surface area contributed by atoms with Crippen molar-refractivity contribution in [3.05, 3.63) is 56.5 Å². The van der Waals surface area contributed by atoms with Crippen LogP contribution in [0.25, 0.3) is 0 Å². The van der Waals surface area contributed by atoms with Crippen LogP contribution >= 0.6 is 55.1 Å². The molecular weight excluding hydrogens is 465 g/mol. The van der Waals surface area contributed by atoms with Crippen molar-refractivity contribution in [2.24, 2.45) is 0 Å². The summed E-state index contributed by atoms with van der Waals surface area (Å²) in [7, 11) is -3.88. The van der Waals surface area contributed by atoms with Crippen LogP contribution in [-0.4, -0.2) is 8.42 Å². The van der Waals surface area contributed by atoms with Gasteiger partial charge < -0.3 is 0 Å². The van der Waals surface area contributed by atoms with Gasteiger partial charge in [0, 0.05) is 9.80 Å². The summed E-state index contributed by atoms with van der Waals surface area (Å²) < 4.78 is 28.1. The van der Waals surface area contributed by atoms with Crippen molar-refractivity contribution < 1.29 is 8.42 Å². The lowest BCUT2D eigenvalue weighted by Gasteiger charge is -2.13. The summed E-state index contributed by atoms with van der Waals surface area (Å²) >= 11 is 18.6. The van der Waals surface area contributed by atoms with Gasteiger partial charge in [-0.25, -0.2) is 8.42 Å². The average molecular weight is 474 g/mol. The molecule has 21 heavy (non-hydrogen) atoms. The SMILES string of the molecule is O=S(=O)(Nc1ccccc1CBr)c1c(Cl)cc(Br)cc1Cl.